The molecule has 2 heterocycles. The van der Waals surface area contributed by atoms with Crippen LogP contribution < -0.4 is 5.32 Å². The fourth-order valence-electron chi connectivity index (χ4n) is 2.92. The molecule has 5 nitrogen and oxygen atoms in total. The number of imide groups is 1. The Balaban J connectivity index is 2.03. The van der Waals surface area contributed by atoms with E-state index >= 15 is 0 Å². The molecule has 2 aromatic carbocycles. The third-order valence-corrected chi connectivity index (χ3v) is 4.34. The van der Waals surface area contributed by atoms with Gasteiger partial charge in [0.05, 0.1) is 16.9 Å². The van der Waals surface area contributed by atoms with E-state index in [2.05, 4.69) is 10.4 Å². The average molecular weight is 317 g/mol. The molecule has 0 aliphatic carbocycles. The second-order valence-corrected chi connectivity index (χ2v) is 5.90. The first kappa shape index (κ1) is 14.4. The maximum Gasteiger partial charge on any atom is 0.279 e. The average Bonchev–Trinajstić information content (AvgIpc) is 3.10. The van der Waals surface area contributed by atoms with Gasteiger partial charge < -0.3 is 0 Å². The molecule has 118 valence electrons. The van der Waals surface area contributed by atoms with Gasteiger partial charge in [0.2, 0.25) is 0 Å². The van der Waals surface area contributed by atoms with Crippen LogP contribution in [0.25, 0.3) is 16.9 Å². The number of hydrogen-bond acceptors (Lipinski definition) is 3. The van der Waals surface area contributed by atoms with Gasteiger partial charge in [-0.15, -0.1) is 0 Å². The number of carbonyl (C=O) groups is 2. The number of aryl methyl sites for hydroxylation is 2. The van der Waals surface area contributed by atoms with Crippen LogP contribution in [0.4, 0.5) is 0 Å². The Hall–Kier alpha value is -3.21. The highest BCUT2D eigenvalue weighted by Crippen LogP contribution is 2.32. The summed E-state index contributed by atoms with van der Waals surface area (Å²) in [6.45, 7) is 4.06. The molecule has 0 saturated heterocycles. The van der Waals surface area contributed by atoms with E-state index in [9.17, 15) is 9.59 Å². The molecule has 24 heavy (non-hydrogen) atoms. The van der Waals surface area contributed by atoms with Crippen LogP contribution in [0.1, 0.15) is 32.0 Å². The lowest BCUT2D eigenvalue weighted by Gasteiger charge is -2.11. The Morgan fingerprint density at radius 1 is 0.917 bits per heavy atom. The van der Waals surface area contributed by atoms with Crippen LogP contribution in [0, 0.1) is 13.8 Å². The first-order valence-corrected chi connectivity index (χ1v) is 7.68. The number of rotatable bonds is 2. The fourth-order valence-corrected chi connectivity index (χ4v) is 2.92. The number of benzene rings is 2. The molecule has 3 aromatic rings. The molecule has 4 rings (SSSR count). The van der Waals surface area contributed by atoms with Crippen molar-refractivity contribution in [3.05, 3.63) is 70.9 Å². The molecule has 0 fully saturated rings. The smallest absolute Gasteiger partial charge is 0.279 e. The zero-order valence-corrected chi connectivity index (χ0v) is 13.3. The third-order valence-electron chi connectivity index (χ3n) is 4.34. The lowest BCUT2D eigenvalue weighted by Crippen LogP contribution is -2.22. The lowest BCUT2D eigenvalue weighted by atomic mass is 10.1. The first-order chi connectivity index (χ1) is 11.6. The largest absolute Gasteiger partial charge is 0.287 e. The molecule has 1 aliphatic heterocycles. The van der Waals surface area contributed by atoms with Crippen LogP contribution >= 0.6 is 0 Å². The van der Waals surface area contributed by atoms with Gasteiger partial charge in [0, 0.05) is 5.56 Å². The van der Waals surface area contributed by atoms with E-state index in [0.717, 1.165) is 16.8 Å². The van der Waals surface area contributed by atoms with Crippen molar-refractivity contribution in [2.45, 2.75) is 13.8 Å². The van der Waals surface area contributed by atoms with E-state index in [1.165, 1.54) is 5.56 Å². The van der Waals surface area contributed by atoms with Gasteiger partial charge in [-0.1, -0.05) is 36.4 Å². The molecule has 0 radical (unpaired) electrons. The van der Waals surface area contributed by atoms with Gasteiger partial charge in [0.25, 0.3) is 11.8 Å². The Bertz CT molecular complexity index is 987. The zero-order chi connectivity index (χ0) is 16.8. The van der Waals surface area contributed by atoms with Gasteiger partial charge in [-0.3, -0.25) is 14.9 Å². The number of hydrogen-bond donors (Lipinski definition) is 1. The minimum Gasteiger partial charge on any atom is -0.287 e. The Morgan fingerprint density at radius 3 is 2.38 bits per heavy atom. The van der Waals surface area contributed by atoms with E-state index in [4.69, 9.17) is 0 Å². The topological polar surface area (TPSA) is 64.0 Å². The molecule has 1 aromatic heterocycles. The van der Waals surface area contributed by atoms with Crippen LogP contribution in [0.2, 0.25) is 0 Å². The minimum absolute atomic E-state index is 0.178. The zero-order valence-electron chi connectivity index (χ0n) is 13.3. The second kappa shape index (κ2) is 5.16. The summed E-state index contributed by atoms with van der Waals surface area (Å²) in [6, 6.07) is 15.5. The van der Waals surface area contributed by atoms with Gasteiger partial charge in [-0.25, -0.2) is 4.68 Å². The monoisotopic (exact) mass is 317 g/mol. The second-order valence-electron chi connectivity index (χ2n) is 5.90. The van der Waals surface area contributed by atoms with E-state index in [1.807, 2.05) is 62.4 Å². The van der Waals surface area contributed by atoms with Crippen LogP contribution in [-0.2, 0) is 0 Å². The van der Waals surface area contributed by atoms with Gasteiger partial charge >= 0.3 is 0 Å². The Labute approximate surface area is 138 Å². The van der Waals surface area contributed by atoms with Crippen LogP contribution in [0.5, 0.6) is 0 Å². The summed E-state index contributed by atoms with van der Waals surface area (Å²) >= 11 is 0. The van der Waals surface area contributed by atoms with Crippen LogP contribution in [-0.4, -0.2) is 21.6 Å². The molecule has 0 bridgehead atoms. The summed E-state index contributed by atoms with van der Waals surface area (Å²) < 4.78 is 1.68. The van der Waals surface area contributed by atoms with Crippen molar-refractivity contribution in [1.29, 1.82) is 0 Å². The highest BCUT2D eigenvalue weighted by Gasteiger charge is 2.36. The molecule has 5 heteroatoms. The highest BCUT2D eigenvalue weighted by atomic mass is 16.2. The van der Waals surface area contributed by atoms with Crippen molar-refractivity contribution < 1.29 is 9.59 Å². The molecule has 2 amide bonds. The fraction of sp³-hybridized carbons (Fsp3) is 0.105. The number of nitrogens with one attached hydrogen (secondary N) is 1. The quantitative estimate of drug-likeness (QED) is 0.739. The maximum absolute atomic E-state index is 12.3. The van der Waals surface area contributed by atoms with Gasteiger partial charge in [0.15, 0.2) is 5.69 Å². The lowest BCUT2D eigenvalue weighted by molar-refractivity contribution is 0.0876. The molecule has 0 spiro atoms. The van der Waals surface area contributed by atoms with Crippen molar-refractivity contribution in [2.24, 2.45) is 0 Å². The molecule has 0 unspecified atom stereocenters. The minimum atomic E-state index is -0.449. The van der Waals surface area contributed by atoms with E-state index in [0.29, 0.717) is 11.3 Å². The van der Waals surface area contributed by atoms with Crippen LogP contribution in [0.3, 0.4) is 0 Å². The number of aromatic nitrogens is 2. The first-order valence-electron chi connectivity index (χ1n) is 7.68. The molecular formula is C19H15N3O2. The number of nitrogens with zero attached hydrogens (tertiary/aromatic N) is 2. The summed E-state index contributed by atoms with van der Waals surface area (Å²) in [6.07, 6.45) is 0. The molecule has 1 N–H and O–H groups in total. The summed E-state index contributed by atoms with van der Waals surface area (Å²) in [5.74, 6) is -0.848. The molecule has 1 aliphatic rings. The maximum atomic E-state index is 12.3. The third kappa shape index (κ3) is 2.06. The Kier molecular flexibility index (Phi) is 3.09. The molecular weight excluding hydrogens is 302 g/mol. The summed E-state index contributed by atoms with van der Waals surface area (Å²) in [4.78, 5) is 24.3. The predicted octanol–water partition coefficient (Wildman–Crippen LogP) is 3.04. The van der Waals surface area contributed by atoms with Gasteiger partial charge in [-0.2, -0.15) is 5.10 Å². The number of carbonyl (C=O) groups excluding carboxylic acids is 2. The van der Waals surface area contributed by atoms with E-state index < -0.39 is 11.8 Å². The summed E-state index contributed by atoms with van der Waals surface area (Å²) in [5, 5.41) is 6.74. The van der Waals surface area contributed by atoms with Crippen molar-refractivity contribution in [2.75, 3.05) is 0 Å². The van der Waals surface area contributed by atoms with Crippen LogP contribution in [0.15, 0.2) is 48.5 Å². The number of amides is 2. The number of fused-ring (bicyclic) bond motifs is 1. The highest BCUT2D eigenvalue weighted by molar-refractivity contribution is 6.23. The SMILES string of the molecule is Cc1ccc(-n2nc3c(c2-c2ccccc2)C(=O)NC3=O)cc1C. The standard InChI is InChI=1S/C19H15N3O2/c1-11-8-9-14(10-12(11)2)22-17(13-6-4-3-5-7-13)15-16(21-22)19(24)20-18(15)23/h3-10H,1-2H3,(H,20,23,24). The van der Waals surface area contributed by atoms with E-state index in [1.54, 1.807) is 4.68 Å². The summed E-state index contributed by atoms with van der Waals surface area (Å²) in [5.41, 5.74) is 5.12. The van der Waals surface area contributed by atoms with Crippen molar-refractivity contribution in [3.63, 3.8) is 0 Å². The predicted molar refractivity (Wildman–Crippen MR) is 90.3 cm³/mol. The molecule has 0 atom stereocenters. The Morgan fingerprint density at radius 2 is 1.67 bits per heavy atom. The van der Waals surface area contributed by atoms with Gasteiger partial charge in [0.1, 0.15) is 0 Å². The summed E-state index contributed by atoms with van der Waals surface area (Å²) in [7, 11) is 0. The molecule has 0 saturated carbocycles. The van der Waals surface area contributed by atoms with Gasteiger partial charge in [-0.05, 0) is 37.1 Å². The van der Waals surface area contributed by atoms with Crippen molar-refractivity contribution in [3.8, 4) is 16.9 Å². The van der Waals surface area contributed by atoms with E-state index in [-0.39, 0.29) is 5.69 Å². The van der Waals surface area contributed by atoms with Crippen molar-refractivity contribution >= 4 is 11.8 Å². The normalized spacial score (nSPS) is 13.1. The van der Waals surface area contributed by atoms with Crippen molar-refractivity contribution in [1.82, 2.24) is 15.1 Å².